The molecule has 0 bridgehead atoms. The van der Waals surface area contributed by atoms with Gasteiger partial charge in [-0.1, -0.05) is 29.8 Å². The van der Waals surface area contributed by atoms with Gasteiger partial charge in [-0.2, -0.15) is 0 Å². The third-order valence-electron chi connectivity index (χ3n) is 5.28. The Bertz CT molecular complexity index is 997. The topological polar surface area (TPSA) is 60.9 Å². The van der Waals surface area contributed by atoms with Crippen molar-refractivity contribution in [1.82, 2.24) is 9.21 Å². The molecule has 0 atom stereocenters. The molecule has 1 saturated heterocycles. The highest BCUT2D eigenvalue weighted by molar-refractivity contribution is 7.89. The molecule has 0 N–H and O–H groups in total. The van der Waals surface area contributed by atoms with E-state index < -0.39 is 10.0 Å². The maximum atomic E-state index is 12.6. The van der Waals surface area contributed by atoms with Crippen LogP contribution in [0.25, 0.3) is 6.08 Å². The summed E-state index contributed by atoms with van der Waals surface area (Å²) in [7, 11) is -0.441. The van der Waals surface area contributed by atoms with Crippen molar-refractivity contribution >= 4 is 27.7 Å². The molecule has 7 heteroatoms. The maximum absolute atomic E-state index is 12.6. The van der Waals surface area contributed by atoms with Crippen LogP contribution in [0.1, 0.15) is 17.5 Å². The van der Waals surface area contributed by atoms with Crippen LogP contribution in [0.15, 0.2) is 59.5 Å². The van der Waals surface area contributed by atoms with Gasteiger partial charge in [-0.25, -0.2) is 12.7 Å². The van der Waals surface area contributed by atoms with Crippen LogP contribution in [0.2, 0.25) is 0 Å². The minimum absolute atomic E-state index is 0.0225. The smallest absolute Gasteiger partial charge is 0.246 e. The highest BCUT2D eigenvalue weighted by Crippen LogP contribution is 2.18. The average Bonchev–Trinajstić information content (AvgIpc) is 2.99. The minimum Gasteiger partial charge on any atom is -0.370 e. The molecule has 30 heavy (non-hydrogen) atoms. The van der Waals surface area contributed by atoms with Crippen molar-refractivity contribution in [3.8, 4) is 0 Å². The van der Waals surface area contributed by atoms with Gasteiger partial charge in [-0.15, -0.1) is 0 Å². The molecule has 3 rings (SSSR count). The average molecular weight is 428 g/mol. The normalized spacial score (nSPS) is 15.6. The second-order valence-electron chi connectivity index (χ2n) is 7.69. The van der Waals surface area contributed by atoms with Gasteiger partial charge in [0.15, 0.2) is 0 Å². The van der Waals surface area contributed by atoms with Gasteiger partial charge in [0.2, 0.25) is 15.9 Å². The van der Waals surface area contributed by atoms with Crippen LogP contribution in [0.4, 0.5) is 5.69 Å². The van der Waals surface area contributed by atoms with Gasteiger partial charge in [0.1, 0.15) is 0 Å². The monoisotopic (exact) mass is 427 g/mol. The zero-order chi connectivity index (χ0) is 21.7. The molecule has 6 nitrogen and oxygen atoms in total. The van der Waals surface area contributed by atoms with E-state index in [4.69, 9.17) is 0 Å². The molecule has 2 aromatic carbocycles. The SMILES string of the molecule is Cc1ccc(N2CCCN(C(=O)/C=C/c3ccc(S(=O)(=O)N(C)C)cc3)CC2)cc1. The fraction of sp³-hybridized carbons (Fsp3) is 0.348. The Balaban J connectivity index is 1.60. The van der Waals surface area contributed by atoms with Crippen LogP contribution in [0.5, 0.6) is 0 Å². The summed E-state index contributed by atoms with van der Waals surface area (Å²) in [5.74, 6) is -0.0225. The second kappa shape index (κ2) is 9.45. The molecular formula is C23H29N3O3S. The summed E-state index contributed by atoms with van der Waals surface area (Å²) < 4.78 is 25.5. The maximum Gasteiger partial charge on any atom is 0.246 e. The number of benzene rings is 2. The largest absolute Gasteiger partial charge is 0.370 e. The predicted octanol–water partition coefficient (Wildman–Crippen LogP) is 3.00. The van der Waals surface area contributed by atoms with Crippen LogP contribution in [0.3, 0.4) is 0 Å². The van der Waals surface area contributed by atoms with Gasteiger partial charge in [-0.05, 0) is 49.2 Å². The molecular weight excluding hydrogens is 398 g/mol. The first-order chi connectivity index (χ1) is 14.3. The molecule has 1 amide bonds. The molecule has 0 unspecified atom stereocenters. The number of rotatable bonds is 5. The third-order valence-corrected chi connectivity index (χ3v) is 7.11. The van der Waals surface area contributed by atoms with Gasteiger partial charge in [0.25, 0.3) is 0 Å². The van der Waals surface area contributed by atoms with E-state index >= 15 is 0 Å². The fourth-order valence-electron chi connectivity index (χ4n) is 3.39. The summed E-state index contributed by atoms with van der Waals surface area (Å²) in [4.78, 5) is 17.1. The van der Waals surface area contributed by atoms with Crippen molar-refractivity contribution < 1.29 is 13.2 Å². The summed E-state index contributed by atoms with van der Waals surface area (Å²) in [6, 6.07) is 15.0. The molecule has 1 fully saturated rings. The Kier molecular flexibility index (Phi) is 6.95. The highest BCUT2D eigenvalue weighted by Gasteiger charge is 2.18. The zero-order valence-electron chi connectivity index (χ0n) is 17.8. The van der Waals surface area contributed by atoms with Crippen molar-refractivity contribution in [2.75, 3.05) is 45.2 Å². The number of amides is 1. The zero-order valence-corrected chi connectivity index (χ0v) is 18.6. The lowest BCUT2D eigenvalue weighted by Gasteiger charge is -2.23. The Labute approximate surface area is 179 Å². The van der Waals surface area contributed by atoms with Gasteiger partial charge in [-0.3, -0.25) is 4.79 Å². The van der Waals surface area contributed by atoms with Gasteiger partial charge in [0, 0.05) is 52.0 Å². The second-order valence-corrected chi connectivity index (χ2v) is 9.84. The summed E-state index contributed by atoms with van der Waals surface area (Å²) in [6.45, 7) is 5.22. The van der Waals surface area contributed by atoms with Gasteiger partial charge >= 0.3 is 0 Å². The summed E-state index contributed by atoms with van der Waals surface area (Å²) in [5, 5.41) is 0. The Morgan fingerprint density at radius 3 is 2.23 bits per heavy atom. The van der Waals surface area contributed by atoms with E-state index in [1.165, 1.54) is 29.7 Å². The van der Waals surface area contributed by atoms with Crippen LogP contribution < -0.4 is 4.90 Å². The standard InChI is InChI=1S/C23H29N3O3S/c1-19-5-10-21(11-6-19)25-15-4-16-26(18-17-25)23(27)14-9-20-7-12-22(13-8-20)30(28,29)24(2)3/h5-14H,4,15-18H2,1-3H3/b14-9+. The van der Waals surface area contributed by atoms with E-state index in [-0.39, 0.29) is 10.8 Å². The van der Waals surface area contributed by atoms with E-state index in [1.807, 2.05) is 4.90 Å². The molecule has 0 spiro atoms. The molecule has 1 aliphatic heterocycles. The van der Waals surface area contributed by atoms with Crippen molar-refractivity contribution in [2.24, 2.45) is 0 Å². The highest BCUT2D eigenvalue weighted by atomic mass is 32.2. The fourth-order valence-corrected chi connectivity index (χ4v) is 4.29. The number of nitrogens with zero attached hydrogens (tertiary/aromatic N) is 3. The summed E-state index contributed by atoms with van der Waals surface area (Å²) in [6.07, 6.45) is 4.22. The number of carbonyl (C=O) groups excluding carboxylic acids is 1. The van der Waals surface area contributed by atoms with Crippen LogP contribution in [-0.4, -0.2) is 63.8 Å². The van der Waals surface area contributed by atoms with Crippen LogP contribution in [-0.2, 0) is 14.8 Å². The lowest BCUT2D eigenvalue weighted by atomic mass is 10.2. The van der Waals surface area contributed by atoms with Gasteiger partial charge < -0.3 is 9.80 Å². The molecule has 0 radical (unpaired) electrons. The van der Waals surface area contributed by atoms with E-state index in [2.05, 4.69) is 36.1 Å². The first-order valence-corrected chi connectivity index (χ1v) is 11.5. The van der Waals surface area contributed by atoms with Crippen molar-refractivity contribution in [3.05, 3.63) is 65.7 Å². The van der Waals surface area contributed by atoms with Crippen LogP contribution in [0, 0.1) is 6.92 Å². The van der Waals surface area contributed by atoms with E-state index in [0.29, 0.717) is 6.54 Å². The molecule has 0 saturated carbocycles. The summed E-state index contributed by atoms with van der Waals surface area (Å²) in [5.41, 5.74) is 3.22. The van der Waals surface area contributed by atoms with Crippen molar-refractivity contribution in [2.45, 2.75) is 18.2 Å². The third kappa shape index (κ3) is 5.29. The minimum atomic E-state index is -3.45. The number of aryl methyl sites for hydroxylation is 1. The molecule has 1 heterocycles. The Hall–Kier alpha value is -2.64. The molecule has 0 aliphatic carbocycles. The van der Waals surface area contributed by atoms with Gasteiger partial charge in [0.05, 0.1) is 4.90 Å². The quantitative estimate of drug-likeness (QED) is 0.689. The van der Waals surface area contributed by atoms with E-state index in [0.717, 1.165) is 31.6 Å². The molecule has 2 aromatic rings. The van der Waals surface area contributed by atoms with E-state index in [1.54, 1.807) is 36.4 Å². The Morgan fingerprint density at radius 2 is 1.60 bits per heavy atom. The number of anilines is 1. The molecule has 160 valence electrons. The van der Waals surface area contributed by atoms with Crippen molar-refractivity contribution in [1.29, 1.82) is 0 Å². The number of sulfonamides is 1. The van der Waals surface area contributed by atoms with Crippen LogP contribution >= 0.6 is 0 Å². The lowest BCUT2D eigenvalue weighted by molar-refractivity contribution is -0.125. The number of carbonyl (C=O) groups is 1. The predicted molar refractivity (Wildman–Crippen MR) is 121 cm³/mol. The van der Waals surface area contributed by atoms with Crippen molar-refractivity contribution in [3.63, 3.8) is 0 Å². The number of hydrogen-bond acceptors (Lipinski definition) is 4. The summed E-state index contributed by atoms with van der Waals surface area (Å²) >= 11 is 0. The lowest BCUT2D eigenvalue weighted by Crippen LogP contribution is -2.34. The first kappa shape index (κ1) is 22.1. The van der Waals surface area contributed by atoms with E-state index in [9.17, 15) is 13.2 Å². The first-order valence-electron chi connectivity index (χ1n) is 10.1. The Morgan fingerprint density at radius 1 is 0.933 bits per heavy atom. The molecule has 0 aromatic heterocycles. The molecule has 1 aliphatic rings. The number of hydrogen-bond donors (Lipinski definition) is 0.